The lowest BCUT2D eigenvalue weighted by Crippen LogP contribution is -2.42. The molecule has 0 aliphatic rings. The second kappa shape index (κ2) is 8.44. The number of alkyl halides is 2. The molecule has 0 spiro atoms. The molecule has 0 saturated carbocycles. The zero-order valence-electron chi connectivity index (χ0n) is 17.1. The van der Waals surface area contributed by atoms with E-state index in [1.54, 1.807) is 0 Å². The molecule has 1 nitrogen and oxygen atoms in total. The third-order valence-corrected chi connectivity index (χ3v) is 13.6. The summed E-state index contributed by atoms with van der Waals surface area (Å²) in [4.78, 5) is 0. The summed E-state index contributed by atoms with van der Waals surface area (Å²) in [7, 11) is -3.63. The van der Waals surface area contributed by atoms with Crippen LogP contribution in [-0.4, -0.2) is 28.9 Å². The van der Waals surface area contributed by atoms with E-state index >= 15 is 0 Å². The fraction of sp³-hybridized carbons (Fsp3) is 0.700. The van der Waals surface area contributed by atoms with Gasteiger partial charge in [0.2, 0.25) is 5.92 Å². The molecule has 0 radical (unpaired) electrons. The Bertz CT molecular complexity index is 522. The molecule has 0 aliphatic carbocycles. The fourth-order valence-corrected chi connectivity index (χ4v) is 5.99. The van der Waals surface area contributed by atoms with Gasteiger partial charge in [-0.3, -0.25) is 0 Å². The minimum absolute atomic E-state index is 0.0127. The van der Waals surface area contributed by atoms with Crippen molar-refractivity contribution >= 4 is 21.6 Å². The van der Waals surface area contributed by atoms with E-state index in [1.165, 1.54) is 5.19 Å². The first-order valence-electron chi connectivity index (χ1n) is 9.34. The molecule has 1 aromatic rings. The Balaban J connectivity index is 2.44. The van der Waals surface area contributed by atoms with Gasteiger partial charge in [0.15, 0.2) is 8.32 Å². The zero-order valence-corrected chi connectivity index (χ0v) is 19.1. The van der Waals surface area contributed by atoms with Crippen molar-refractivity contribution < 1.29 is 13.2 Å². The maximum absolute atomic E-state index is 14.3. The highest BCUT2D eigenvalue weighted by atomic mass is 28.4. The van der Waals surface area contributed by atoms with E-state index in [9.17, 15) is 8.78 Å². The standard InChI is InChI=1S/C20H36F2OSi2/c1-19(2,3)25(6,7)23-16-11-14-20(21,22)15-17-24(4,5)18-12-9-8-10-13-18/h8-10,12-13H,11,14-17H2,1-7H3. The summed E-state index contributed by atoms with van der Waals surface area (Å²) in [5, 5.41) is 1.38. The van der Waals surface area contributed by atoms with Crippen molar-refractivity contribution in [3.05, 3.63) is 30.3 Å². The summed E-state index contributed by atoms with van der Waals surface area (Å²) in [6.45, 7) is 15.7. The van der Waals surface area contributed by atoms with Crippen LogP contribution in [0.5, 0.6) is 0 Å². The highest BCUT2D eigenvalue weighted by molar-refractivity contribution is 6.89. The van der Waals surface area contributed by atoms with Crippen molar-refractivity contribution in [2.24, 2.45) is 0 Å². The predicted molar refractivity (Wildman–Crippen MR) is 110 cm³/mol. The number of hydrogen-bond acceptors (Lipinski definition) is 1. The van der Waals surface area contributed by atoms with E-state index in [-0.39, 0.29) is 17.9 Å². The van der Waals surface area contributed by atoms with E-state index in [0.717, 1.165) is 0 Å². The molecule has 0 N–H and O–H groups in total. The average molecular weight is 387 g/mol. The van der Waals surface area contributed by atoms with Crippen LogP contribution < -0.4 is 5.19 Å². The molecule has 0 amide bonds. The summed E-state index contributed by atoms with van der Waals surface area (Å²) >= 11 is 0. The SMILES string of the molecule is CC(C)(C)[Si](C)(C)OCCCC(F)(F)CC[Si](C)(C)c1ccccc1. The molecular formula is C20H36F2OSi2. The van der Waals surface area contributed by atoms with Gasteiger partial charge in [-0.15, -0.1) is 0 Å². The topological polar surface area (TPSA) is 9.23 Å². The van der Waals surface area contributed by atoms with Crippen molar-refractivity contribution in [2.75, 3.05) is 6.61 Å². The normalized spacial score (nSPS) is 14.0. The van der Waals surface area contributed by atoms with Crippen LogP contribution in [0.15, 0.2) is 30.3 Å². The van der Waals surface area contributed by atoms with Gasteiger partial charge in [0, 0.05) is 19.4 Å². The van der Waals surface area contributed by atoms with Crippen LogP contribution >= 0.6 is 0 Å². The molecule has 0 saturated heterocycles. The van der Waals surface area contributed by atoms with Crippen LogP contribution in [0.4, 0.5) is 8.78 Å². The van der Waals surface area contributed by atoms with Gasteiger partial charge in [0.1, 0.15) is 0 Å². The predicted octanol–water partition coefficient (Wildman–Crippen LogP) is 6.43. The minimum Gasteiger partial charge on any atom is -0.417 e. The van der Waals surface area contributed by atoms with Crippen LogP contribution in [0.1, 0.15) is 40.0 Å². The Hall–Kier alpha value is -0.526. The van der Waals surface area contributed by atoms with Crippen LogP contribution in [0.2, 0.25) is 37.3 Å². The first kappa shape index (κ1) is 22.5. The summed E-state index contributed by atoms with van der Waals surface area (Å²) in [6.07, 6.45) is 0.356. The van der Waals surface area contributed by atoms with E-state index in [0.29, 0.717) is 19.1 Å². The molecule has 1 aromatic carbocycles. The molecule has 0 aliphatic heterocycles. The molecule has 144 valence electrons. The highest BCUT2D eigenvalue weighted by Gasteiger charge is 2.37. The Morgan fingerprint density at radius 1 is 0.920 bits per heavy atom. The summed E-state index contributed by atoms with van der Waals surface area (Å²) in [5.41, 5.74) is 0. The van der Waals surface area contributed by atoms with Crippen molar-refractivity contribution in [1.82, 2.24) is 0 Å². The molecule has 0 fully saturated rings. The number of hydrogen-bond donors (Lipinski definition) is 0. The van der Waals surface area contributed by atoms with Gasteiger partial charge in [-0.25, -0.2) is 8.78 Å². The van der Waals surface area contributed by atoms with Crippen molar-refractivity contribution in [2.45, 2.75) is 83.2 Å². The van der Waals surface area contributed by atoms with Crippen LogP contribution in [0.25, 0.3) is 0 Å². The lowest BCUT2D eigenvalue weighted by Gasteiger charge is -2.36. The van der Waals surface area contributed by atoms with E-state index in [1.807, 2.05) is 18.2 Å². The van der Waals surface area contributed by atoms with Gasteiger partial charge in [-0.05, 0) is 30.6 Å². The number of benzene rings is 1. The Labute approximate surface area is 155 Å². The Morgan fingerprint density at radius 3 is 2.00 bits per heavy atom. The maximum atomic E-state index is 14.3. The quantitative estimate of drug-likeness (QED) is 0.351. The van der Waals surface area contributed by atoms with Gasteiger partial charge < -0.3 is 4.43 Å². The van der Waals surface area contributed by atoms with Gasteiger partial charge in [0.25, 0.3) is 0 Å². The van der Waals surface area contributed by atoms with E-state index in [4.69, 9.17) is 4.43 Å². The monoisotopic (exact) mass is 386 g/mol. The summed E-state index contributed by atoms with van der Waals surface area (Å²) in [5.74, 6) is -2.59. The lowest BCUT2D eigenvalue weighted by atomic mass is 10.1. The van der Waals surface area contributed by atoms with Crippen LogP contribution in [0.3, 0.4) is 0 Å². The number of halogens is 2. The maximum Gasteiger partial charge on any atom is 0.248 e. The van der Waals surface area contributed by atoms with Crippen molar-refractivity contribution in [1.29, 1.82) is 0 Å². The first-order chi connectivity index (χ1) is 11.3. The molecule has 0 bridgehead atoms. The van der Waals surface area contributed by atoms with Gasteiger partial charge in [-0.2, -0.15) is 0 Å². The summed E-state index contributed by atoms with van der Waals surface area (Å²) < 4.78 is 34.6. The molecular weight excluding hydrogens is 350 g/mol. The molecule has 0 atom stereocenters. The third-order valence-electron chi connectivity index (χ3n) is 5.63. The van der Waals surface area contributed by atoms with Gasteiger partial charge >= 0.3 is 0 Å². The Kier molecular flexibility index (Phi) is 7.60. The van der Waals surface area contributed by atoms with Crippen molar-refractivity contribution in [3.63, 3.8) is 0 Å². The smallest absolute Gasteiger partial charge is 0.248 e. The van der Waals surface area contributed by atoms with Crippen LogP contribution in [-0.2, 0) is 4.43 Å². The third kappa shape index (κ3) is 7.31. The largest absolute Gasteiger partial charge is 0.417 e. The van der Waals surface area contributed by atoms with Gasteiger partial charge in [0.05, 0.1) is 8.07 Å². The van der Waals surface area contributed by atoms with Crippen LogP contribution in [0, 0.1) is 0 Å². The first-order valence-corrected chi connectivity index (χ1v) is 15.5. The molecule has 0 aromatic heterocycles. The second-order valence-corrected chi connectivity index (χ2v) is 19.0. The average Bonchev–Trinajstić information content (AvgIpc) is 2.50. The molecule has 25 heavy (non-hydrogen) atoms. The highest BCUT2D eigenvalue weighted by Crippen LogP contribution is 2.37. The number of rotatable bonds is 9. The lowest BCUT2D eigenvalue weighted by molar-refractivity contribution is -0.0164. The molecule has 0 unspecified atom stereocenters. The molecule has 5 heteroatoms. The van der Waals surface area contributed by atoms with E-state index in [2.05, 4.69) is 59.1 Å². The fourth-order valence-electron chi connectivity index (χ4n) is 2.53. The van der Waals surface area contributed by atoms with E-state index < -0.39 is 22.3 Å². The summed E-state index contributed by atoms with van der Waals surface area (Å²) in [6, 6.07) is 10.8. The zero-order chi connectivity index (χ0) is 19.4. The Morgan fingerprint density at radius 2 is 1.48 bits per heavy atom. The molecule has 0 heterocycles. The second-order valence-electron chi connectivity index (χ2n) is 9.32. The van der Waals surface area contributed by atoms with Gasteiger partial charge in [-0.1, -0.05) is 69.4 Å². The minimum atomic E-state index is -2.59. The molecule has 1 rings (SSSR count). The van der Waals surface area contributed by atoms with Crippen molar-refractivity contribution in [3.8, 4) is 0 Å².